The third kappa shape index (κ3) is 3.50. The van der Waals surface area contributed by atoms with E-state index in [2.05, 4.69) is 88.4 Å². The Morgan fingerprint density at radius 1 is 0.750 bits per heavy atom. The standard InChI is InChI=1S/C26H25NO/c1-18-14-16-20(17-15-18)23(19-10-6-5-7-11-19)24-21-12-8-9-13-22(21)27-25(28-24)26(2,3)4/h5-17H,1-4H3/b24-23+. The summed E-state index contributed by atoms with van der Waals surface area (Å²) in [5.74, 6) is 1.60. The van der Waals surface area contributed by atoms with E-state index >= 15 is 0 Å². The Kier molecular flexibility index (Phi) is 4.64. The predicted octanol–water partition coefficient (Wildman–Crippen LogP) is 7.02. The summed E-state index contributed by atoms with van der Waals surface area (Å²) < 4.78 is 6.51. The monoisotopic (exact) mass is 367 g/mol. The van der Waals surface area contributed by atoms with Crippen molar-refractivity contribution in [3.63, 3.8) is 0 Å². The Labute approximate surface area is 167 Å². The largest absolute Gasteiger partial charge is 0.441 e. The SMILES string of the molecule is Cc1ccc(/C(=C2/OC(C(C)(C)C)=Nc3ccccc32)c2ccccc2)cc1. The van der Waals surface area contributed by atoms with Gasteiger partial charge in [-0.2, -0.15) is 0 Å². The third-order valence-electron chi connectivity index (χ3n) is 4.84. The summed E-state index contributed by atoms with van der Waals surface area (Å²) in [6.45, 7) is 8.50. The Morgan fingerprint density at radius 3 is 2.04 bits per heavy atom. The summed E-state index contributed by atoms with van der Waals surface area (Å²) in [4.78, 5) is 4.81. The number of aliphatic imine (C=N–C) groups is 1. The van der Waals surface area contributed by atoms with Crippen LogP contribution in [0.4, 0.5) is 5.69 Å². The molecular formula is C26H25NO. The number of para-hydroxylation sites is 1. The molecule has 28 heavy (non-hydrogen) atoms. The molecule has 0 aliphatic carbocycles. The highest BCUT2D eigenvalue weighted by molar-refractivity contribution is 6.04. The van der Waals surface area contributed by atoms with Crippen LogP contribution in [0.2, 0.25) is 0 Å². The molecule has 1 aliphatic rings. The van der Waals surface area contributed by atoms with E-state index in [1.54, 1.807) is 0 Å². The van der Waals surface area contributed by atoms with Crippen LogP contribution in [0, 0.1) is 12.3 Å². The van der Waals surface area contributed by atoms with Crippen LogP contribution < -0.4 is 0 Å². The second-order valence-electron chi connectivity index (χ2n) is 8.22. The van der Waals surface area contributed by atoms with E-state index in [0.29, 0.717) is 0 Å². The summed E-state index contributed by atoms with van der Waals surface area (Å²) in [5, 5.41) is 0. The molecule has 2 nitrogen and oxygen atoms in total. The van der Waals surface area contributed by atoms with Crippen LogP contribution in [-0.4, -0.2) is 5.90 Å². The van der Waals surface area contributed by atoms with Crippen molar-refractivity contribution in [3.8, 4) is 0 Å². The molecule has 0 N–H and O–H groups in total. The van der Waals surface area contributed by atoms with Gasteiger partial charge < -0.3 is 4.74 Å². The molecule has 0 amide bonds. The van der Waals surface area contributed by atoms with Crippen molar-refractivity contribution in [1.82, 2.24) is 0 Å². The number of hydrogen-bond donors (Lipinski definition) is 0. The number of rotatable bonds is 2. The molecule has 0 spiro atoms. The number of ether oxygens (including phenoxy) is 1. The van der Waals surface area contributed by atoms with Gasteiger partial charge >= 0.3 is 0 Å². The first-order valence-corrected chi connectivity index (χ1v) is 9.66. The minimum absolute atomic E-state index is 0.187. The predicted molar refractivity (Wildman–Crippen MR) is 118 cm³/mol. The average molecular weight is 367 g/mol. The first kappa shape index (κ1) is 18.2. The molecule has 0 atom stereocenters. The zero-order chi connectivity index (χ0) is 19.7. The molecule has 0 bridgehead atoms. The molecule has 140 valence electrons. The maximum Gasteiger partial charge on any atom is 0.200 e. The molecule has 3 aromatic rings. The summed E-state index contributed by atoms with van der Waals surface area (Å²) >= 11 is 0. The number of aryl methyl sites for hydroxylation is 1. The first-order valence-electron chi connectivity index (χ1n) is 9.66. The minimum Gasteiger partial charge on any atom is -0.441 e. The second-order valence-corrected chi connectivity index (χ2v) is 8.22. The van der Waals surface area contributed by atoms with Crippen LogP contribution in [0.5, 0.6) is 0 Å². The van der Waals surface area contributed by atoms with Gasteiger partial charge in [0.15, 0.2) is 0 Å². The van der Waals surface area contributed by atoms with E-state index in [4.69, 9.17) is 9.73 Å². The van der Waals surface area contributed by atoms with Crippen molar-refractivity contribution in [2.45, 2.75) is 27.7 Å². The fourth-order valence-corrected chi connectivity index (χ4v) is 3.31. The Balaban J connectivity index is 2.03. The summed E-state index contributed by atoms with van der Waals surface area (Å²) in [5.41, 5.74) is 6.38. The molecule has 1 aliphatic heterocycles. The van der Waals surface area contributed by atoms with Crippen molar-refractivity contribution in [3.05, 3.63) is 101 Å². The molecule has 2 heteroatoms. The van der Waals surface area contributed by atoms with Gasteiger partial charge in [-0.25, -0.2) is 4.99 Å². The lowest BCUT2D eigenvalue weighted by atomic mass is 9.91. The highest BCUT2D eigenvalue weighted by Crippen LogP contribution is 2.42. The van der Waals surface area contributed by atoms with E-state index < -0.39 is 0 Å². The summed E-state index contributed by atoms with van der Waals surface area (Å²) in [6.07, 6.45) is 0. The van der Waals surface area contributed by atoms with Crippen LogP contribution in [0.25, 0.3) is 11.3 Å². The van der Waals surface area contributed by atoms with E-state index in [1.165, 1.54) is 5.56 Å². The average Bonchev–Trinajstić information content (AvgIpc) is 2.69. The van der Waals surface area contributed by atoms with Gasteiger partial charge in [0.2, 0.25) is 5.90 Å². The van der Waals surface area contributed by atoms with Crippen molar-refractivity contribution in [2.24, 2.45) is 10.4 Å². The molecule has 0 fully saturated rings. The third-order valence-corrected chi connectivity index (χ3v) is 4.84. The van der Waals surface area contributed by atoms with Crippen molar-refractivity contribution >= 4 is 22.9 Å². The van der Waals surface area contributed by atoms with E-state index in [9.17, 15) is 0 Å². The Bertz CT molecular complexity index is 1050. The lowest BCUT2D eigenvalue weighted by molar-refractivity contribution is 0.403. The number of fused-ring (bicyclic) bond motifs is 1. The van der Waals surface area contributed by atoms with E-state index in [-0.39, 0.29) is 5.41 Å². The molecular weight excluding hydrogens is 342 g/mol. The zero-order valence-corrected chi connectivity index (χ0v) is 16.9. The topological polar surface area (TPSA) is 21.6 Å². The Hall–Kier alpha value is -3.13. The van der Waals surface area contributed by atoms with E-state index in [1.807, 2.05) is 18.2 Å². The molecule has 4 rings (SSSR count). The normalized spacial score (nSPS) is 15.4. The number of benzene rings is 3. The molecule has 3 aromatic carbocycles. The van der Waals surface area contributed by atoms with Gasteiger partial charge in [0.05, 0.1) is 5.69 Å². The number of hydrogen-bond acceptors (Lipinski definition) is 2. The van der Waals surface area contributed by atoms with Crippen LogP contribution in [0.1, 0.15) is 43.0 Å². The van der Waals surface area contributed by atoms with Gasteiger partial charge in [0, 0.05) is 16.6 Å². The number of nitrogens with zero attached hydrogens (tertiary/aromatic N) is 1. The lowest BCUT2D eigenvalue weighted by Gasteiger charge is -2.29. The van der Waals surface area contributed by atoms with Crippen LogP contribution in [0.3, 0.4) is 0 Å². The molecule has 0 unspecified atom stereocenters. The fraction of sp³-hybridized carbons (Fsp3) is 0.192. The second kappa shape index (κ2) is 7.12. The highest BCUT2D eigenvalue weighted by atomic mass is 16.5. The van der Waals surface area contributed by atoms with Gasteiger partial charge in [-0.15, -0.1) is 0 Å². The summed E-state index contributed by atoms with van der Waals surface area (Å²) in [7, 11) is 0. The molecule has 0 radical (unpaired) electrons. The van der Waals surface area contributed by atoms with Crippen LogP contribution in [0.15, 0.2) is 83.9 Å². The quantitative estimate of drug-likeness (QED) is 0.477. The van der Waals surface area contributed by atoms with Crippen molar-refractivity contribution in [1.29, 1.82) is 0 Å². The van der Waals surface area contributed by atoms with Gasteiger partial charge in [-0.1, -0.05) is 93.1 Å². The highest BCUT2D eigenvalue weighted by Gasteiger charge is 2.30. The van der Waals surface area contributed by atoms with Gasteiger partial charge in [-0.3, -0.25) is 0 Å². The van der Waals surface area contributed by atoms with Crippen LogP contribution in [-0.2, 0) is 4.74 Å². The van der Waals surface area contributed by atoms with Crippen molar-refractivity contribution < 1.29 is 4.74 Å². The maximum atomic E-state index is 6.51. The van der Waals surface area contributed by atoms with Crippen LogP contribution >= 0.6 is 0 Å². The van der Waals surface area contributed by atoms with Gasteiger partial charge in [0.25, 0.3) is 0 Å². The fourth-order valence-electron chi connectivity index (χ4n) is 3.31. The molecule has 1 heterocycles. The molecule has 0 saturated heterocycles. The van der Waals surface area contributed by atoms with Crippen molar-refractivity contribution in [2.75, 3.05) is 0 Å². The molecule has 0 saturated carbocycles. The zero-order valence-electron chi connectivity index (χ0n) is 16.9. The maximum absolute atomic E-state index is 6.51. The van der Waals surface area contributed by atoms with Gasteiger partial charge in [-0.05, 0) is 30.2 Å². The lowest BCUT2D eigenvalue weighted by Crippen LogP contribution is -2.25. The smallest absolute Gasteiger partial charge is 0.200 e. The van der Waals surface area contributed by atoms with E-state index in [0.717, 1.165) is 39.6 Å². The summed E-state index contributed by atoms with van der Waals surface area (Å²) in [6, 6.07) is 27.3. The molecule has 0 aromatic heterocycles. The first-order chi connectivity index (χ1) is 13.4. The minimum atomic E-state index is -0.187. The Morgan fingerprint density at radius 2 is 1.36 bits per heavy atom. The van der Waals surface area contributed by atoms with Gasteiger partial charge in [0.1, 0.15) is 5.76 Å².